The number of ether oxygens (including phenoxy) is 2. The van der Waals surface area contributed by atoms with E-state index in [0.29, 0.717) is 17.1 Å². The highest BCUT2D eigenvalue weighted by Crippen LogP contribution is 2.22. The summed E-state index contributed by atoms with van der Waals surface area (Å²) in [5, 5.41) is 2.64. The van der Waals surface area contributed by atoms with Gasteiger partial charge < -0.3 is 14.8 Å². The second kappa shape index (κ2) is 7.49. The first-order valence-electron chi connectivity index (χ1n) is 6.47. The Morgan fingerprint density at radius 1 is 1.10 bits per heavy atom. The molecule has 0 aliphatic heterocycles. The van der Waals surface area contributed by atoms with Crippen LogP contribution in [0.25, 0.3) is 0 Å². The van der Waals surface area contributed by atoms with E-state index in [1.807, 2.05) is 19.3 Å². The lowest BCUT2D eigenvalue weighted by atomic mass is 10.0. The van der Waals surface area contributed by atoms with E-state index < -0.39 is 17.9 Å². The van der Waals surface area contributed by atoms with Crippen LogP contribution in [0, 0.1) is 5.92 Å². The Balaban J connectivity index is 2.99. The minimum atomic E-state index is -0.723. The third kappa shape index (κ3) is 4.35. The number of methoxy groups -OCH3 is 2. The van der Waals surface area contributed by atoms with Gasteiger partial charge in [-0.25, -0.2) is 5.84 Å². The van der Waals surface area contributed by atoms with Crippen molar-refractivity contribution >= 4 is 11.8 Å². The fourth-order valence-corrected chi connectivity index (χ4v) is 1.79. The molecule has 1 aromatic carbocycles. The Kier molecular flexibility index (Phi) is 5.98. The molecule has 116 valence electrons. The Labute approximate surface area is 123 Å². The molecule has 0 aliphatic rings. The molecule has 1 atom stereocenters. The van der Waals surface area contributed by atoms with E-state index >= 15 is 0 Å². The van der Waals surface area contributed by atoms with Crippen LogP contribution in [0.4, 0.5) is 0 Å². The first-order valence-corrected chi connectivity index (χ1v) is 6.47. The Morgan fingerprint density at radius 2 is 1.62 bits per heavy atom. The number of carbonyl (C=O) groups excluding carboxylic acids is 2. The van der Waals surface area contributed by atoms with Crippen LogP contribution in [0.1, 0.15) is 24.2 Å². The standard InChI is InChI=1S/C14H21N3O4/c1-8(2)12(14(19)17-15)16-13(18)9-5-10(20-3)7-11(6-9)21-4/h5-8,12H,15H2,1-4H3,(H,16,18)(H,17,19)/t12-/m0/s1. The van der Waals surface area contributed by atoms with Crippen molar-refractivity contribution in [3.63, 3.8) is 0 Å². The quantitative estimate of drug-likeness (QED) is 0.402. The predicted molar refractivity (Wildman–Crippen MR) is 78.0 cm³/mol. The SMILES string of the molecule is COc1cc(OC)cc(C(=O)N[C@H](C(=O)NN)C(C)C)c1. The number of carbonyl (C=O) groups is 2. The van der Waals surface area contributed by atoms with Crippen LogP contribution in [0.15, 0.2) is 18.2 Å². The van der Waals surface area contributed by atoms with Crippen molar-refractivity contribution in [2.24, 2.45) is 11.8 Å². The van der Waals surface area contributed by atoms with Gasteiger partial charge >= 0.3 is 0 Å². The maximum atomic E-state index is 12.3. The van der Waals surface area contributed by atoms with Crippen LogP contribution in [-0.4, -0.2) is 32.1 Å². The van der Waals surface area contributed by atoms with Crippen molar-refractivity contribution in [1.82, 2.24) is 10.7 Å². The maximum Gasteiger partial charge on any atom is 0.256 e. The molecule has 0 fully saturated rings. The molecule has 7 heteroatoms. The zero-order valence-corrected chi connectivity index (χ0v) is 12.6. The van der Waals surface area contributed by atoms with Crippen molar-refractivity contribution in [3.05, 3.63) is 23.8 Å². The normalized spacial score (nSPS) is 11.7. The molecule has 4 N–H and O–H groups in total. The van der Waals surface area contributed by atoms with Gasteiger partial charge in [0.15, 0.2) is 0 Å². The number of hydrogen-bond acceptors (Lipinski definition) is 5. The minimum absolute atomic E-state index is 0.106. The van der Waals surface area contributed by atoms with Crippen LogP contribution >= 0.6 is 0 Å². The van der Waals surface area contributed by atoms with Gasteiger partial charge in [-0.2, -0.15) is 0 Å². The molecular formula is C14H21N3O4. The smallest absolute Gasteiger partial charge is 0.256 e. The molecule has 7 nitrogen and oxygen atoms in total. The molecule has 1 aromatic rings. The molecule has 2 amide bonds. The van der Waals surface area contributed by atoms with E-state index in [9.17, 15) is 9.59 Å². The summed E-state index contributed by atoms with van der Waals surface area (Å²) >= 11 is 0. The highest BCUT2D eigenvalue weighted by atomic mass is 16.5. The van der Waals surface area contributed by atoms with Crippen LogP contribution in [0.2, 0.25) is 0 Å². The van der Waals surface area contributed by atoms with Crippen LogP contribution < -0.4 is 26.1 Å². The molecule has 0 radical (unpaired) electrons. The highest BCUT2D eigenvalue weighted by molar-refractivity contribution is 5.98. The summed E-state index contributed by atoms with van der Waals surface area (Å²) in [4.78, 5) is 23.9. The number of nitrogens with one attached hydrogen (secondary N) is 2. The Hall–Kier alpha value is -2.28. The third-order valence-corrected chi connectivity index (χ3v) is 2.99. The molecule has 1 rings (SSSR count). The van der Waals surface area contributed by atoms with Crippen molar-refractivity contribution in [2.75, 3.05) is 14.2 Å². The Bertz CT molecular complexity index is 495. The summed E-state index contributed by atoms with van der Waals surface area (Å²) in [7, 11) is 2.99. The van der Waals surface area contributed by atoms with E-state index in [4.69, 9.17) is 15.3 Å². The molecule has 0 saturated heterocycles. The molecule has 0 aliphatic carbocycles. The van der Waals surface area contributed by atoms with E-state index in [-0.39, 0.29) is 5.92 Å². The fourth-order valence-electron chi connectivity index (χ4n) is 1.79. The predicted octanol–water partition coefficient (Wildman–Crippen LogP) is 0.448. The van der Waals surface area contributed by atoms with Gasteiger partial charge in [0, 0.05) is 11.6 Å². The Morgan fingerprint density at radius 3 is 2.00 bits per heavy atom. The van der Waals surface area contributed by atoms with Gasteiger partial charge in [-0.1, -0.05) is 13.8 Å². The minimum Gasteiger partial charge on any atom is -0.497 e. The molecule has 0 bridgehead atoms. The molecule has 0 unspecified atom stereocenters. The van der Waals surface area contributed by atoms with Gasteiger partial charge in [0.25, 0.3) is 11.8 Å². The molecular weight excluding hydrogens is 274 g/mol. The average Bonchev–Trinajstić information content (AvgIpc) is 2.50. The maximum absolute atomic E-state index is 12.3. The van der Waals surface area contributed by atoms with Gasteiger partial charge in [0.2, 0.25) is 0 Å². The number of amides is 2. The molecule has 0 spiro atoms. The van der Waals surface area contributed by atoms with Gasteiger partial charge in [0.1, 0.15) is 17.5 Å². The summed E-state index contributed by atoms with van der Waals surface area (Å²) in [6.45, 7) is 3.62. The van der Waals surface area contributed by atoms with Gasteiger partial charge in [0.05, 0.1) is 14.2 Å². The lowest BCUT2D eigenvalue weighted by molar-refractivity contribution is -0.124. The summed E-state index contributed by atoms with van der Waals surface area (Å²) in [6.07, 6.45) is 0. The van der Waals surface area contributed by atoms with Gasteiger partial charge in [-0.3, -0.25) is 15.0 Å². The van der Waals surface area contributed by atoms with Crippen LogP contribution in [0.5, 0.6) is 11.5 Å². The second-order valence-corrected chi connectivity index (χ2v) is 4.81. The lowest BCUT2D eigenvalue weighted by Crippen LogP contribution is -2.51. The van der Waals surface area contributed by atoms with E-state index in [2.05, 4.69) is 5.32 Å². The third-order valence-electron chi connectivity index (χ3n) is 2.99. The molecule has 0 saturated carbocycles. The summed E-state index contributed by atoms with van der Waals surface area (Å²) in [6, 6.07) is 4.06. The van der Waals surface area contributed by atoms with Gasteiger partial charge in [-0.05, 0) is 18.1 Å². The van der Waals surface area contributed by atoms with Crippen molar-refractivity contribution in [3.8, 4) is 11.5 Å². The van der Waals surface area contributed by atoms with Crippen molar-refractivity contribution in [2.45, 2.75) is 19.9 Å². The first-order chi connectivity index (χ1) is 9.92. The van der Waals surface area contributed by atoms with E-state index in [0.717, 1.165) is 0 Å². The number of benzene rings is 1. The number of hydrogen-bond donors (Lipinski definition) is 3. The zero-order chi connectivity index (χ0) is 16.0. The van der Waals surface area contributed by atoms with E-state index in [1.165, 1.54) is 14.2 Å². The lowest BCUT2D eigenvalue weighted by Gasteiger charge is -2.20. The topological polar surface area (TPSA) is 103 Å². The van der Waals surface area contributed by atoms with E-state index in [1.54, 1.807) is 18.2 Å². The molecule has 0 heterocycles. The zero-order valence-electron chi connectivity index (χ0n) is 12.6. The van der Waals surface area contributed by atoms with Crippen molar-refractivity contribution in [1.29, 1.82) is 0 Å². The summed E-state index contributed by atoms with van der Waals surface area (Å²) in [5.41, 5.74) is 2.38. The largest absolute Gasteiger partial charge is 0.497 e. The number of rotatable bonds is 6. The van der Waals surface area contributed by atoms with Crippen molar-refractivity contribution < 1.29 is 19.1 Å². The monoisotopic (exact) mass is 295 g/mol. The number of nitrogens with two attached hydrogens (primary N) is 1. The molecule has 21 heavy (non-hydrogen) atoms. The summed E-state index contributed by atoms with van der Waals surface area (Å²) in [5.74, 6) is 5.14. The average molecular weight is 295 g/mol. The second-order valence-electron chi connectivity index (χ2n) is 4.81. The highest BCUT2D eigenvalue weighted by Gasteiger charge is 2.24. The van der Waals surface area contributed by atoms with Crippen LogP contribution in [-0.2, 0) is 4.79 Å². The van der Waals surface area contributed by atoms with Crippen LogP contribution in [0.3, 0.4) is 0 Å². The summed E-state index contributed by atoms with van der Waals surface area (Å²) < 4.78 is 10.2. The first kappa shape index (κ1) is 16.8. The van der Waals surface area contributed by atoms with Gasteiger partial charge in [-0.15, -0.1) is 0 Å². The molecule has 0 aromatic heterocycles. The number of hydrazine groups is 1. The fraction of sp³-hybridized carbons (Fsp3) is 0.429.